The molecule has 1 aromatic heterocycles. The predicted molar refractivity (Wildman–Crippen MR) is 70.7 cm³/mol. The Kier molecular flexibility index (Phi) is 4.66. The van der Waals surface area contributed by atoms with Gasteiger partial charge in [0.2, 0.25) is 0 Å². The molecule has 0 radical (unpaired) electrons. The molecule has 0 amide bonds. The van der Waals surface area contributed by atoms with Gasteiger partial charge in [0.25, 0.3) is 0 Å². The summed E-state index contributed by atoms with van der Waals surface area (Å²) in [5, 5.41) is 3.63. The Morgan fingerprint density at radius 3 is 3.00 bits per heavy atom. The summed E-state index contributed by atoms with van der Waals surface area (Å²) in [6.45, 7) is 5.55. The third-order valence-corrected chi connectivity index (χ3v) is 3.73. The van der Waals surface area contributed by atoms with E-state index >= 15 is 0 Å². The minimum absolute atomic E-state index is 0.692. The smallest absolute Gasteiger partial charge is 0.117 e. The standard InChI is InChI=1S/C15H25NO/c1-12(2)9-13-5-3-6-14(10-13)16-11-15-7-4-8-17-15/h4,7-8,12-14,16H,3,5-6,9-11H2,1-2H3. The fourth-order valence-electron chi connectivity index (χ4n) is 3.02. The molecule has 0 bridgehead atoms. The lowest BCUT2D eigenvalue weighted by Crippen LogP contribution is -2.34. The zero-order valence-corrected chi connectivity index (χ0v) is 11.1. The molecule has 1 saturated carbocycles. The second kappa shape index (κ2) is 6.25. The highest BCUT2D eigenvalue weighted by molar-refractivity contribution is 4.98. The molecule has 1 N–H and O–H groups in total. The average Bonchev–Trinajstić information content (AvgIpc) is 2.79. The van der Waals surface area contributed by atoms with Crippen LogP contribution < -0.4 is 5.32 Å². The lowest BCUT2D eigenvalue weighted by molar-refractivity contribution is 0.248. The third-order valence-electron chi connectivity index (χ3n) is 3.73. The van der Waals surface area contributed by atoms with Gasteiger partial charge >= 0.3 is 0 Å². The quantitative estimate of drug-likeness (QED) is 0.835. The van der Waals surface area contributed by atoms with Crippen LogP contribution >= 0.6 is 0 Å². The number of hydrogen-bond acceptors (Lipinski definition) is 2. The molecule has 2 heteroatoms. The second-order valence-corrected chi connectivity index (χ2v) is 5.82. The van der Waals surface area contributed by atoms with Gasteiger partial charge in [0.1, 0.15) is 5.76 Å². The number of rotatable bonds is 5. The molecule has 2 atom stereocenters. The minimum atomic E-state index is 0.692. The average molecular weight is 235 g/mol. The van der Waals surface area contributed by atoms with Crippen molar-refractivity contribution in [2.24, 2.45) is 11.8 Å². The monoisotopic (exact) mass is 235 g/mol. The maximum Gasteiger partial charge on any atom is 0.117 e. The van der Waals surface area contributed by atoms with E-state index in [4.69, 9.17) is 4.42 Å². The first kappa shape index (κ1) is 12.7. The first-order chi connectivity index (χ1) is 8.24. The molecule has 96 valence electrons. The summed E-state index contributed by atoms with van der Waals surface area (Å²) in [6.07, 6.45) is 8.62. The van der Waals surface area contributed by atoms with Gasteiger partial charge < -0.3 is 9.73 Å². The normalized spacial score (nSPS) is 25.4. The van der Waals surface area contributed by atoms with Crippen LogP contribution in [0.3, 0.4) is 0 Å². The molecule has 2 nitrogen and oxygen atoms in total. The molecule has 0 spiro atoms. The van der Waals surface area contributed by atoms with Crippen molar-refractivity contribution in [2.75, 3.05) is 0 Å². The summed E-state index contributed by atoms with van der Waals surface area (Å²) in [5.41, 5.74) is 0. The van der Waals surface area contributed by atoms with Gasteiger partial charge in [-0.1, -0.05) is 26.7 Å². The van der Waals surface area contributed by atoms with E-state index in [0.29, 0.717) is 6.04 Å². The Labute approximate surface area is 105 Å². The Bertz CT molecular complexity index is 305. The summed E-state index contributed by atoms with van der Waals surface area (Å²) < 4.78 is 5.35. The van der Waals surface area contributed by atoms with Crippen molar-refractivity contribution in [3.05, 3.63) is 24.2 Å². The molecule has 0 aliphatic heterocycles. The van der Waals surface area contributed by atoms with E-state index in [1.165, 1.54) is 32.1 Å². The zero-order valence-electron chi connectivity index (χ0n) is 11.1. The van der Waals surface area contributed by atoms with Gasteiger partial charge in [-0.25, -0.2) is 0 Å². The van der Waals surface area contributed by atoms with Crippen molar-refractivity contribution < 1.29 is 4.42 Å². The van der Waals surface area contributed by atoms with Gasteiger partial charge in [0.05, 0.1) is 12.8 Å². The molecule has 1 aliphatic carbocycles. The van der Waals surface area contributed by atoms with Crippen LogP contribution in [0.15, 0.2) is 22.8 Å². The molecule has 1 aliphatic rings. The molecule has 1 heterocycles. The van der Waals surface area contributed by atoms with Crippen LogP contribution in [0.2, 0.25) is 0 Å². The van der Waals surface area contributed by atoms with Gasteiger partial charge in [-0.15, -0.1) is 0 Å². The van der Waals surface area contributed by atoms with Gasteiger partial charge in [0, 0.05) is 6.04 Å². The van der Waals surface area contributed by atoms with Crippen molar-refractivity contribution in [1.82, 2.24) is 5.32 Å². The molecule has 17 heavy (non-hydrogen) atoms. The number of furan rings is 1. The topological polar surface area (TPSA) is 25.2 Å². The van der Waals surface area contributed by atoms with E-state index in [1.54, 1.807) is 6.26 Å². The Morgan fingerprint density at radius 1 is 1.41 bits per heavy atom. The Morgan fingerprint density at radius 2 is 2.29 bits per heavy atom. The van der Waals surface area contributed by atoms with Crippen molar-refractivity contribution in [3.63, 3.8) is 0 Å². The van der Waals surface area contributed by atoms with E-state index in [0.717, 1.165) is 24.1 Å². The van der Waals surface area contributed by atoms with Gasteiger partial charge in [0.15, 0.2) is 0 Å². The van der Waals surface area contributed by atoms with Crippen molar-refractivity contribution in [3.8, 4) is 0 Å². The molecule has 2 unspecified atom stereocenters. The molecule has 2 rings (SSSR count). The molecule has 1 aromatic rings. The highest BCUT2D eigenvalue weighted by Crippen LogP contribution is 2.29. The van der Waals surface area contributed by atoms with E-state index in [9.17, 15) is 0 Å². The van der Waals surface area contributed by atoms with Crippen molar-refractivity contribution >= 4 is 0 Å². The second-order valence-electron chi connectivity index (χ2n) is 5.82. The lowest BCUT2D eigenvalue weighted by atomic mass is 9.81. The molecule has 0 saturated heterocycles. The van der Waals surface area contributed by atoms with Crippen LogP contribution in [0.25, 0.3) is 0 Å². The van der Waals surface area contributed by atoms with Gasteiger partial charge in [-0.3, -0.25) is 0 Å². The van der Waals surface area contributed by atoms with Crippen LogP contribution in [-0.2, 0) is 6.54 Å². The summed E-state index contributed by atoms with van der Waals surface area (Å²) >= 11 is 0. The largest absolute Gasteiger partial charge is 0.468 e. The zero-order chi connectivity index (χ0) is 12.1. The van der Waals surface area contributed by atoms with Crippen LogP contribution in [0.5, 0.6) is 0 Å². The van der Waals surface area contributed by atoms with Crippen LogP contribution in [-0.4, -0.2) is 6.04 Å². The van der Waals surface area contributed by atoms with Crippen molar-refractivity contribution in [2.45, 2.75) is 58.5 Å². The van der Waals surface area contributed by atoms with E-state index in [-0.39, 0.29) is 0 Å². The van der Waals surface area contributed by atoms with E-state index in [1.807, 2.05) is 12.1 Å². The van der Waals surface area contributed by atoms with Crippen molar-refractivity contribution in [1.29, 1.82) is 0 Å². The first-order valence-corrected chi connectivity index (χ1v) is 7.00. The van der Waals surface area contributed by atoms with Crippen LogP contribution in [0.1, 0.15) is 51.7 Å². The molecular formula is C15H25NO. The molecule has 1 fully saturated rings. The fraction of sp³-hybridized carbons (Fsp3) is 0.733. The molecular weight excluding hydrogens is 210 g/mol. The lowest BCUT2D eigenvalue weighted by Gasteiger charge is -2.30. The van der Waals surface area contributed by atoms with Crippen LogP contribution in [0.4, 0.5) is 0 Å². The number of nitrogens with one attached hydrogen (secondary N) is 1. The summed E-state index contributed by atoms with van der Waals surface area (Å²) in [6, 6.07) is 4.69. The number of hydrogen-bond donors (Lipinski definition) is 1. The third kappa shape index (κ3) is 4.19. The highest BCUT2D eigenvalue weighted by Gasteiger charge is 2.22. The molecule has 0 aromatic carbocycles. The Balaban J connectivity index is 1.73. The van der Waals surface area contributed by atoms with E-state index in [2.05, 4.69) is 19.2 Å². The Hall–Kier alpha value is -0.760. The van der Waals surface area contributed by atoms with Gasteiger partial charge in [-0.2, -0.15) is 0 Å². The maximum absolute atomic E-state index is 5.35. The van der Waals surface area contributed by atoms with E-state index < -0.39 is 0 Å². The first-order valence-electron chi connectivity index (χ1n) is 7.00. The summed E-state index contributed by atoms with van der Waals surface area (Å²) in [7, 11) is 0. The van der Waals surface area contributed by atoms with Crippen LogP contribution in [0, 0.1) is 11.8 Å². The summed E-state index contributed by atoms with van der Waals surface area (Å²) in [5.74, 6) is 2.82. The summed E-state index contributed by atoms with van der Waals surface area (Å²) in [4.78, 5) is 0. The minimum Gasteiger partial charge on any atom is -0.468 e. The predicted octanol–water partition coefficient (Wildman–Crippen LogP) is 3.97. The maximum atomic E-state index is 5.35. The van der Waals surface area contributed by atoms with Gasteiger partial charge in [-0.05, 0) is 43.2 Å². The fourth-order valence-corrected chi connectivity index (χ4v) is 3.02. The SMILES string of the molecule is CC(C)CC1CCCC(NCc2ccco2)C1. The highest BCUT2D eigenvalue weighted by atomic mass is 16.3.